The summed E-state index contributed by atoms with van der Waals surface area (Å²) < 4.78 is 18.7. The second kappa shape index (κ2) is 7.83. The molecule has 30 heavy (non-hydrogen) atoms. The van der Waals surface area contributed by atoms with E-state index >= 15 is 0 Å². The van der Waals surface area contributed by atoms with Crippen LogP contribution >= 0.6 is 11.6 Å². The maximum absolute atomic E-state index is 13.8. The van der Waals surface area contributed by atoms with Crippen LogP contribution < -0.4 is 16.0 Å². The van der Waals surface area contributed by atoms with Crippen molar-refractivity contribution in [3.8, 4) is 0 Å². The van der Waals surface area contributed by atoms with E-state index in [1.165, 1.54) is 23.1 Å². The minimum absolute atomic E-state index is 0.0500. The smallest absolute Gasteiger partial charge is 0.408 e. The van der Waals surface area contributed by atoms with Crippen molar-refractivity contribution in [1.29, 1.82) is 0 Å². The number of halogens is 2. The number of aromatic amines is 1. The number of carbonyl (C=O) groups excluding carboxylic acids is 2. The van der Waals surface area contributed by atoms with Crippen molar-refractivity contribution in [1.82, 2.24) is 9.88 Å². The normalized spacial score (nSPS) is 16.7. The first-order chi connectivity index (χ1) is 14.3. The Kier molecular flexibility index (Phi) is 5.21. The van der Waals surface area contributed by atoms with Crippen LogP contribution in [-0.4, -0.2) is 47.4 Å². The summed E-state index contributed by atoms with van der Waals surface area (Å²) in [6.07, 6.45) is 0. The highest BCUT2D eigenvalue weighted by atomic mass is 35.5. The molecule has 2 heterocycles. The highest BCUT2D eigenvalue weighted by Crippen LogP contribution is 2.25. The number of amides is 2. The van der Waals surface area contributed by atoms with E-state index in [9.17, 15) is 18.8 Å². The number of H-pyrrole nitrogens is 1. The number of hydrogen-bond donors (Lipinski definition) is 2. The van der Waals surface area contributed by atoms with Gasteiger partial charge in [-0.15, -0.1) is 0 Å². The van der Waals surface area contributed by atoms with Gasteiger partial charge in [0, 0.05) is 43.1 Å². The molecular formula is C20H18ClFN4O4. The van der Waals surface area contributed by atoms with Crippen LogP contribution in [0.15, 0.2) is 45.6 Å². The summed E-state index contributed by atoms with van der Waals surface area (Å²) in [5.74, 6) is -2.56. The topological polar surface area (TPSA) is 98.7 Å². The number of hydrogen-bond acceptors (Lipinski definition) is 5. The van der Waals surface area contributed by atoms with E-state index in [-0.39, 0.29) is 16.6 Å². The highest BCUT2D eigenvalue weighted by Gasteiger charge is 2.30. The van der Waals surface area contributed by atoms with Crippen LogP contribution in [0.3, 0.4) is 0 Å². The lowest BCUT2D eigenvalue weighted by Crippen LogP contribution is -2.55. The van der Waals surface area contributed by atoms with Crippen molar-refractivity contribution in [2.24, 2.45) is 0 Å². The molecule has 0 radical (unpaired) electrons. The Hall–Kier alpha value is -3.33. The SMILES string of the molecule is C[C@@H]1CN(C(=O)C(=O)Nc2ccc3[nH]c(=O)oc3c2)CCN1c1ccc(Cl)c(F)c1. The molecule has 1 atom stereocenters. The standard InChI is InChI=1S/C20H18ClFN4O4/c1-11-10-25(6-7-26(11)13-3-4-14(21)15(22)9-13)19(28)18(27)23-12-2-5-16-17(8-12)30-20(29)24-16/h2-5,8-9,11H,6-7,10H2,1H3,(H,23,27)(H,24,29)/t11-/m1/s1. The van der Waals surface area contributed by atoms with E-state index in [0.29, 0.717) is 36.5 Å². The molecule has 3 aromatic rings. The molecule has 1 aliphatic heterocycles. The number of benzene rings is 2. The van der Waals surface area contributed by atoms with Gasteiger partial charge in [-0.25, -0.2) is 9.18 Å². The van der Waals surface area contributed by atoms with Gasteiger partial charge in [-0.05, 0) is 37.3 Å². The Morgan fingerprint density at radius 3 is 2.77 bits per heavy atom. The average molecular weight is 433 g/mol. The summed E-state index contributed by atoms with van der Waals surface area (Å²) in [5, 5.41) is 2.58. The number of aromatic nitrogens is 1. The zero-order valence-corrected chi connectivity index (χ0v) is 16.7. The predicted octanol–water partition coefficient (Wildman–Crippen LogP) is 2.59. The molecule has 0 saturated carbocycles. The Balaban J connectivity index is 1.41. The van der Waals surface area contributed by atoms with Crippen LogP contribution in [0.5, 0.6) is 0 Å². The van der Waals surface area contributed by atoms with Crippen LogP contribution in [-0.2, 0) is 9.59 Å². The lowest BCUT2D eigenvalue weighted by Gasteiger charge is -2.41. The number of nitrogens with zero attached hydrogens (tertiary/aromatic N) is 2. The lowest BCUT2D eigenvalue weighted by atomic mass is 10.1. The molecule has 0 aliphatic carbocycles. The minimum Gasteiger partial charge on any atom is -0.408 e. The fraction of sp³-hybridized carbons (Fsp3) is 0.250. The van der Waals surface area contributed by atoms with Crippen molar-refractivity contribution >= 4 is 45.9 Å². The molecule has 1 aliphatic rings. The minimum atomic E-state index is -0.787. The van der Waals surface area contributed by atoms with Gasteiger partial charge in [-0.1, -0.05) is 11.6 Å². The van der Waals surface area contributed by atoms with Crippen molar-refractivity contribution in [2.75, 3.05) is 29.9 Å². The van der Waals surface area contributed by atoms with Gasteiger partial charge in [0.05, 0.1) is 10.5 Å². The summed E-state index contributed by atoms with van der Waals surface area (Å²) >= 11 is 5.74. The van der Waals surface area contributed by atoms with Crippen molar-refractivity contribution in [2.45, 2.75) is 13.0 Å². The molecule has 1 fully saturated rings. The molecule has 4 rings (SSSR count). The van der Waals surface area contributed by atoms with Gasteiger partial charge in [-0.2, -0.15) is 0 Å². The van der Waals surface area contributed by atoms with E-state index in [4.69, 9.17) is 16.0 Å². The van der Waals surface area contributed by atoms with E-state index in [1.54, 1.807) is 18.2 Å². The Bertz CT molecular complexity index is 1190. The number of fused-ring (bicyclic) bond motifs is 1. The number of rotatable bonds is 2. The maximum atomic E-state index is 13.8. The lowest BCUT2D eigenvalue weighted by molar-refractivity contribution is -0.143. The fourth-order valence-corrected chi connectivity index (χ4v) is 3.66. The largest absolute Gasteiger partial charge is 0.417 e. The maximum Gasteiger partial charge on any atom is 0.417 e. The van der Waals surface area contributed by atoms with Crippen LogP contribution in [0, 0.1) is 5.82 Å². The molecule has 1 saturated heterocycles. The fourth-order valence-electron chi connectivity index (χ4n) is 3.54. The summed E-state index contributed by atoms with van der Waals surface area (Å²) in [6.45, 7) is 2.96. The van der Waals surface area contributed by atoms with E-state index < -0.39 is 23.4 Å². The molecule has 0 bridgehead atoms. The molecule has 0 unspecified atom stereocenters. The van der Waals surface area contributed by atoms with Gasteiger partial charge in [-0.3, -0.25) is 14.6 Å². The van der Waals surface area contributed by atoms with E-state index in [1.807, 2.05) is 11.8 Å². The van der Waals surface area contributed by atoms with Gasteiger partial charge in [0.25, 0.3) is 0 Å². The highest BCUT2D eigenvalue weighted by molar-refractivity contribution is 6.39. The average Bonchev–Trinajstić information content (AvgIpc) is 3.08. The van der Waals surface area contributed by atoms with Gasteiger partial charge >= 0.3 is 17.6 Å². The van der Waals surface area contributed by atoms with Gasteiger partial charge in [0.2, 0.25) is 0 Å². The van der Waals surface area contributed by atoms with Crippen molar-refractivity contribution in [3.63, 3.8) is 0 Å². The zero-order valence-electron chi connectivity index (χ0n) is 15.9. The molecule has 0 spiro atoms. The number of nitrogens with one attached hydrogen (secondary N) is 2. The van der Waals surface area contributed by atoms with Gasteiger partial charge in [0.15, 0.2) is 5.58 Å². The number of carbonyl (C=O) groups is 2. The molecule has 2 N–H and O–H groups in total. The van der Waals surface area contributed by atoms with Gasteiger partial charge in [0.1, 0.15) is 5.82 Å². The van der Waals surface area contributed by atoms with E-state index in [0.717, 1.165) is 0 Å². The third kappa shape index (κ3) is 3.88. The van der Waals surface area contributed by atoms with Crippen molar-refractivity contribution < 1.29 is 18.4 Å². The number of anilines is 2. The third-order valence-corrected chi connectivity index (χ3v) is 5.33. The van der Waals surface area contributed by atoms with Crippen molar-refractivity contribution in [3.05, 3.63) is 57.8 Å². The molecule has 1 aromatic heterocycles. The summed E-state index contributed by atoms with van der Waals surface area (Å²) in [7, 11) is 0. The number of oxazole rings is 1. The third-order valence-electron chi connectivity index (χ3n) is 5.02. The zero-order chi connectivity index (χ0) is 21.4. The molecule has 156 valence electrons. The number of piperazine rings is 1. The quantitative estimate of drug-likeness (QED) is 0.606. The monoisotopic (exact) mass is 432 g/mol. The van der Waals surface area contributed by atoms with Crippen LogP contribution in [0.25, 0.3) is 11.1 Å². The molecule has 2 amide bonds. The van der Waals surface area contributed by atoms with Crippen LogP contribution in [0.2, 0.25) is 5.02 Å². The first-order valence-electron chi connectivity index (χ1n) is 9.26. The first-order valence-corrected chi connectivity index (χ1v) is 9.64. The van der Waals surface area contributed by atoms with Crippen LogP contribution in [0.4, 0.5) is 15.8 Å². The summed E-state index contributed by atoms with van der Waals surface area (Å²) in [6, 6.07) is 9.06. The summed E-state index contributed by atoms with van der Waals surface area (Å²) in [5.41, 5.74) is 1.78. The molecular weight excluding hydrogens is 415 g/mol. The molecule has 8 nitrogen and oxygen atoms in total. The second-order valence-corrected chi connectivity index (χ2v) is 7.48. The van der Waals surface area contributed by atoms with Crippen LogP contribution in [0.1, 0.15) is 6.92 Å². The van der Waals surface area contributed by atoms with E-state index in [2.05, 4.69) is 10.3 Å². The second-order valence-electron chi connectivity index (χ2n) is 7.07. The molecule has 10 heteroatoms. The predicted molar refractivity (Wildman–Crippen MR) is 110 cm³/mol. The Labute approximate surface area is 175 Å². The molecule has 2 aromatic carbocycles. The van der Waals surface area contributed by atoms with Gasteiger partial charge < -0.3 is 19.5 Å². The first kappa shape index (κ1) is 20.0. The Morgan fingerprint density at radius 2 is 2.03 bits per heavy atom. The Morgan fingerprint density at radius 1 is 1.23 bits per heavy atom. The summed E-state index contributed by atoms with van der Waals surface area (Å²) in [4.78, 5) is 42.2.